The normalized spacial score (nSPS) is 38.8. The van der Waals surface area contributed by atoms with Crippen molar-refractivity contribution in [1.82, 2.24) is 10.2 Å². The first-order chi connectivity index (χ1) is 8.85. The molecule has 3 unspecified atom stereocenters. The second-order valence-electron chi connectivity index (χ2n) is 6.49. The molecule has 1 N–H and O–H groups in total. The molecule has 0 radical (unpaired) electrons. The molecule has 3 rings (SSSR count). The van der Waals surface area contributed by atoms with Gasteiger partial charge in [-0.3, -0.25) is 0 Å². The van der Waals surface area contributed by atoms with Gasteiger partial charge in [-0.2, -0.15) is 0 Å². The van der Waals surface area contributed by atoms with E-state index in [0.29, 0.717) is 6.10 Å². The highest BCUT2D eigenvalue weighted by Crippen LogP contribution is 2.33. The first-order valence-corrected chi connectivity index (χ1v) is 7.86. The van der Waals surface area contributed by atoms with Crippen molar-refractivity contribution in [2.45, 2.75) is 63.1 Å². The Morgan fingerprint density at radius 1 is 1.11 bits per heavy atom. The maximum absolute atomic E-state index is 5.44. The highest BCUT2D eigenvalue weighted by Gasteiger charge is 2.35. The Hall–Kier alpha value is -0.120. The maximum atomic E-state index is 5.44. The van der Waals surface area contributed by atoms with E-state index in [4.69, 9.17) is 4.74 Å². The minimum atomic E-state index is 0.514. The lowest BCUT2D eigenvalue weighted by Crippen LogP contribution is -2.44. The van der Waals surface area contributed by atoms with Crippen molar-refractivity contribution in [2.24, 2.45) is 5.92 Å². The Kier molecular flexibility index (Phi) is 4.22. The molecule has 3 heteroatoms. The van der Waals surface area contributed by atoms with Gasteiger partial charge in [-0.15, -0.1) is 0 Å². The molecule has 0 amide bonds. The summed E-state index contributed by atoms with van der Waals surface area (Å²) >= 11 is 0. The zero-order chi connectivity index (χ0) is 12.4. The lowest BCUT2D eigenvalue weighted by Gasteiger charge is -2.33. The van der Waals surface area contributed by atoms with Gasteiger partial charge in [-0.05, 0) is 38.0 Å². The van der Waals surface area contributed by atoms with E-state index in [1.807, 2.05) is 7.11 Å². The van der Waals surface area contributed by atoms with Crippen LogP contribution in [0.2, 0.25) is 0 Å². The summed E-state index contributed by atoms with van der Waals surface area (Å²) in [6.45, 7) is 3.72. The standard InChI is InChI=1S/C15H28N2O/c1-18-14-6-8-17(9-7-14)11-13-10-12-4-2-3-5-15(12)16-13/h12-16H,2-11H2,1H3. The van der Waals surface area contributed by atoms with E-state index in [0.717, 1.165) is 18.0 Å². The Morgan fingerprint density at radius 2 is 1.89 bits per heavy atom. The third-order valence-electron chi connectivity index (χ3n) is 5.29. The van der Waals surface area contributed by atoms with Crippen LogP contribution in [0.5, 0.6) is 0 Å². The van der Waals surface area contributed by atoms with Crippen LogP contribution >= 0.6 is 0 Å². The van der Waals surface area contributed by atoms with Gasteiger partial charge in [-0.1, -0.05) is 12.8 Å². The average Bonchev–Trinajstić information content (AvgIpc) is 2.82. The number of hydrogen-bond acceptors (Lipinski definition) is 3. The molecule has 18 heavy (non-hydrogen) atoms. The quantitative estimate of drug-likeness (QED) is 0.831. The van der Waals surface area contributed by atoms with Crippen LogP contribution in [-0.4, -0.2) is 49.8 Å². The third kappa shape index (κ3) is 2.89. The van der Waals surface area contributed by atoms with Crippen molar-refractivity contribution in [3.05, 3.63) is 0 Å². The zero-order valence-corrected chi connectivity index (χ0v) is 11.7. The van der Waals surface area contributed by atoms with Gasteiger partial charge in [0.05, 0.1) is 6.10 Å². The van der Waals surface area contributed by atoms with E-state index < -0.39 is 0 Å². The topological polar surface area (TPSA) is 24.5 Å². The number of piperidine rings is 1. The molecule has 2 saturated heterocycles. The van der Waals surface area contributed by atoms with E-state index in [-0.39, 0.29) is 0 Å². The first kappa shape index (κ1) is 12.9. The molecule has 2 heterocycles. The summed E-state index contributed by atoms with van der Waals surface area (Å²) in [6, 6.07) is 1.61. The highest BCUT2D eigenvalue weighted by molar-refractivity contribution is 4.94. The van der Waals surface area contributed by atoms with Crippen molar-refractivity contribution in [3.8, 4) is 0 Å². The predicted molar refractivity (Wildman–Crippen MR) is 73.8 cm³/mol. The molecule has 0 bridgehead atoms. The minimum absolute atomic E-state index is 0.514. The van der Waals surface area contributed by atoms with E-state index in [1.54, 1.807) is 0 Å². The van der Waals surface area contributed by atoms with Crippen molar-refractivity contribution < 1.29 is 4.74 Å². The minimum Gasteiger partial charge on any atom is -0.381 e. The van der Waals surface area contributed by atoms with Gasteiger partial charge in [0.25, 0.3) is 0 Å². The number of fused-ring (bicyclic) bond motifs is 1. The zero-order valence-electron chi connectivity index (χ0n) is 11.7. The van der Waals surface area contributed by atoms with E-state index in [1.165, 1.54) is 64.6 Å². The number of likely N-dealkylation sites (tertiary alicyclic amines) is 1. The molecule has 3 aliphatic rings. The van der Waals surface area contributed by atoms with E-state index in [2.05, 4.69) is 10.2 Å². The summed E-state index contributed by atoms with van der Waals surface area (Å²) in [7, 11) is 1.85. The van der Waals surface area contributed by atoms with Crippen LogP contribution in [0.3, 0.4) is 0 Å². The van der Waals surface area contributed by atoms with Crippen molar-refractivity contribution in [2.75, 3.05) is 26.7 Å². The number of nitrogens with one attached hydrogen (secondary N) is 1. The van der Waals surface area contributed by atoms with Crippen LogP contribution in [0.1, 0.15) is 44.9 Å². The lowest BCUT2D eigenvalue weighted by atomic mass is 9.85. The van der Waals surface area contributed by atoms with Gasteiger partial charge >= 0.3 is 0 Å². The number of methoxy groups -OCH3 is 1. The van der Waals surface area contributed by atoms with Gasteiger partial charge < -0.3 is 15.0 Å². The molecular formula is C15H28N2O. The van der Waals surface area contributed by atoms with Crippen molar-refractivity contribution in [1.29, 1.82) is 0 Å². The molecule has 1 aliphatic carbocycles. The Morgan fingerprint density at radius 3 is 2.61 bits per heavy atom. The molecule has 2 aliphatic heterocycles. The highest BCUT2D eigenvalue weighted by atomic mass is 16.5. The fourth-order valence-electron chi connectivity index (χ4n) is 4.21. The summed E-state index contributed by atoms with van der Waals surface area (Å²) in [5, 5.41) is 3.89. The number of ether oxygens (including phenoxy) is 1. The van der Waals surface area contributed by atoms with Crippen LogP contribution in [0, 0.1) is 5.92 Å². The summed E-state index contributed by atoms with van der Waals surface area (Å²) in [6.07, 6.45) is 10.2. The maximum Gasteiger partial charge on any atom is 0.0595 e. The number of nitrogens with zero attached hydrogens (tertiary/aromatic N) is 1. The Bertz CT molecular complexity index is 249. The summed E-state index contributed by atoms with van der Waals surface area (Å²) in [5.74, 6) is 0.986. The van der Waals surface area contributed by atoms with Gasteiger partial charge in [0.15, 0.2) is 0 Å². The van der Waals surface area contributed by atoms with Crippen molar-refractivity contribution >= 4 is 0 Å². The van der Waals surface area contributed by atoms with E-state index in [9.17, 15) is 0 Å². The summed E-state index contributed by atoms with van der Waals surface area (Å²) < 4.78 is 5.44. The molecule has 0 aromatic carbocycles. The molecule has 3 atom stereocenters. The predicted octanol–water partition coefficient (Wildman–Crippen LogP) is 2.02. The monoisotopic (exact) mass is 252 g/mol. The second-order valence-corrected chi connectivity index (χ2v) is 6.49. The summed E-state index contributed by atoms with van der Waals surface area (Å²) in [5.41, 5.74) is 0. The molecular weight excluding hydrogens is 224 g/mol. The lowest BCUT2D eigenvalue weighted by molar-refractivity contribution is 0.0388. The van der Waals surface area contributed by atoms with Crippen LogP contribution < -0.4 is 5.32 Å². The fraction of sp³-hybridized carbons (Fsp3) is 1.00. The molecule has 3 fully saturated rings. The van der Waals surface area contributed by atoms with Crippen LogP contribution in [0.15, 0.2) is 0 Å². The molecule has 3 nitrogen and oxygen atoms in total. The number of hydrogen-bond donors (Lipinski definition) is 1. The Balaban J connectivity index is 1.44. The van der Waals surface area contributed by atoms with Crippen LogP contribution in [-0.2, 0) is 4.74 Å². The Labute approximate surface area is 111 Å². The summed E-state index contributed by atoms with van der Waals surface area (Å²) in [4.78, 5) is 2.64. The fourth-order valence-corrected chi connectivity index (χ4v) is 4.21. The number of rotatable bonds is 3. The smallest absolute Gasteiger partial charge is 0.0595 e. The third-order valence-corrected chi connectivity index (χ3v) is 5.29. The van der Waals surface area contributed by atoms with Gasteiger partial charge in [0.1, 0.15) is 0 Å². The molecule has 0 aromatic rings. The van der Waals surface area contributed by atoms with Crippen LogP contribution in [0.25, 0.3) is 0 Å². The first-order valence-electron chi connectivity index (χ1n) is 7.86. The largest absolute Gasteiger partial charge is 0.381 e. The molecule has 0 spiro atoms. The SMILES string of the molecule is COC1CCN(CC2CC3CCCCC3N2)CC1. The van der Waals surface area contributed by atoms with Gasteiger partial charge in [-0.25, -0.2) is 0 Å². The van der Waals surface area contributed by atoms with Crippen molar-refractivity contribution in [3.63, 3.8) is 0 Å². The second kappa shape index (κ2) is 5.89. The van der Waals surface area contributed by atoms with E-state index >= 15 is 0 Å². The molecule has 0 aromatic heterocycles. The average molecular weight is 252 g/mol. The van der Waals surface area contributed by atoms with Crippen LogP contribution in [0.4, 0.5) is 0 Å². The molecule has 1 saturated carbocycles. The van der Waals surface area contributed by atoms with Gasteiger partial charge in [0.2, 0.25) is 0 Å². The van der Waals surface area contributed by atoms with Gasteiger partial charge in [0, 0.05) is 38.8 Å². The molecule has 104 valence electrons.